The molecule has 29 heavy (non-hydrogen) atoms. The van der Waals surface area contributed by atoms with Gasteiger partial charge in [0, 0.05) is 31.9 Å². The predicted octanol–water partition coefficient (Wildman–Crippen LogP) is 3.41. The number of hydrogen-bond acceptors (Lipinski definition) is 3. The van der Waals surface area contributed by atoms with E-state index in [1.165, 1.54) is 5.57 Å². The number of aromatic nitrogens is 2. The second kappa shape index (κ2) is 6.31. The molecule has 4 aliphatic rings. The quantitative estimate of drug-likeness (QED) is 0.793. The molecule has 5 nitrogen and oxygen atoms in total. The van der Waals surface area contributed by atoms with Crippen molar-refractivity contribution in [2.45, 2.75) is 58.1 Å². The first-order valence-electron chi connectivity index (χ1n) is 11.1. The molecule has 2 heterocycles. The Labute approximate surface area is 173 Å². The molecule has 1 amide bonds. The summed E-state index contributed by atoms with van der Waals surface area (Å²) >= 11 is 0. The van der Waals surface area contributed by atoms with E-state index in [0.717, 1.165) is 37.9 Å². The van der Waals surface area contributed by atoms with Gasteiger partial charge in [-0.15, -0.1) is 0 Å². The van der Waals surface area contributed by atoms with Crippen LogP contribution in [0, 0.1) is 28.6 Å². The van der Waals surface area contributed by atoms with Crippen molar-refractivity contribution < 1.29 is 9.90 Å². The van der Waals surface area contributed by atoms with E-state index < -0.39 is 0 Å². The Balaban J connectivity index is 1.63. The van der Waals surface area contributed by atoms with E-state index in [1.54, 1.807) is 6.08 Å². The van der Waals surface area contributed by atoms with Gasteiger partial charge in [0.2, 0.25) is 5.91 Å². The summed E-state index contributed by atoms with van der Waals surface area (Å²) in [5, 5.41) is 10.8. The summed E-state index contributed by atoms with van der Waals surface area (Å²) in [6, 6.07) is 0.0774. The molecule has 5 heteroatoms. The predicted molar refractivity (Wildman–Crippen MR) is 113 cm³/mol. The van der Waals surface area contributed by atoms with Crippen molar-refractivity contribution in [2.75, 3.05) is 7.05 Å². The second-order valence-electron chi connectivity index (χ2n) is 10.4. The van der Waals surface area contributed by atoms with Crippen LogP contribution in [0.1, 0.15) is 51.8 Å². The summed E-state index contributed by atoms with van der Waals surface area (Å²) in [5.41, 5.74) is 1.28. The van der Waals surface area contributed by atoms with Crippen LogP contribution in [0.15, 0.2) is 30.1 Å². The molecule has 3 fully saturated rings. The van der Waals surface area contributed by atoms with Crippen LogP contribution in [0.25, 0.3) is 6.08 Å². The molecular formula is C24H33N3O2. The Morgan fingerprint density at radius 3 is 2.72 bits per heavy atom. The summed E-state index contributed by atoms with van der Waals surface area (Å²) in [6.45, 7) is 4.67. The molecule has 0 aromatic carbocycles. The highest BCUT2D eigenvalue weighted by atomic mass is 16.3. The van der Waals surface area contributed by atoms with E-state index in [4.69, 9.17) is 0 Å². The Morgan fingerprint density at radius 1 is 1.21 bits per heavy atom. The zero-order chi connectivity index (χ0) is 20.6. The van der Waals surface area contributed by atoms with Crippen molar-refractivity contribution in [3.63, 3.8) is 0 Å². The molecule has 1 aromatic rings. The van der Waals surface area contributed by atoms with E-state index in [2.05, 4.69) is 31.0 Å². The van der Waals surface area contributed by atoms with Gasteiger partial charge in [-0.1, -0.05) is 19.9 Å². The van der Waals surface area contributed by atoms with E-state index in [0.29, 0.717) is 17.8 Å². The Bertz CT molecular complexity index is 902. The molecule has 156 valence electrons. The smallest absolute Gasteiger partial charge is 0.246 e. The number of imidazole rings is 1. The lowest BCUT2D eigenvalue weighted by molar-refractivity contribution is -0.135. The number of aryl methyl sites for hydroxylation is 1. The SMILES string of the molecule is CN1C(=O)C=C[C@@]2(C)C1C(=Cc1nccn1C)C[C@@H]1[C@H]2CC[C@]2(C)C(O)CC[C@@H]12. The van der Waals surface area contributed by atoms with Gasteiger partial charge in [0.15, 0.2) is 0 Å². The van der Waals surface area contributed by atoms with Crippen molar-refractivity contribution in [3.05, 3.63) is 35.9 Å². The number of amides is 1. The molecule has 7 atom stereocenters. The topological polar surface area (TPSA) is 58.4 Å². The molecule has 0 radical (unpaired) electrons. The van der Waals surface area contributed by atoms with Gasteiger partial charge in [-0.05, 0) is 73.0 Å². The average Bonchev–Trinajstić information content (AvgIpc) is 3.22. The third-order valence-corrected chi connectivity index (χ3v) is 9.09. The molecule has 1 aliphatic heterocycles. The second-order valence-corrected chi connectivity index (χ2v) is 10.4. The number of carbonyl (C=O) groups is 1. The molecule has 2 unspecified atom stereocenters. The van der Waals surface area contributed by atoms with Crippen LogP contribution in [0.3, 0.4) is 0 Å². The maximum atomic E-state index is 12.6. The van der Waals surface area contributed by atoms with Crippen molar-refractivity contribution in [2.24, 2.45) is 35.6 Å². The van der Waals surface area contributed by atoms with Gasteiger partial charge in [-0.2, -0.15) is 0 Å². The summed E-state index contributed by atoms with van der Waals surface area (Å²) < 4.78 is 2.04. The van der Waals surface area contributed by atoms with E-state index in [-0.39, 0.29) is 28.9 Å². The Morgan fingerprint density at radius 2 is 2.00 bits per heavy atom. The van der Waals surface area contributed by atoms with Crippen LogP contribution in [-0.2, 0) is 11.8 Å². The Hall–Kier alpha value is -1.88. The van der Waals surface area contributed by atoms with Gasteiger partial charge in [0.1, 0.15) is 5.82 Å². The summed E-state index contributed by atoms with van der Waals surface area (Å²) in [6.07, 6.45) is 15.1. The molecule has 0 saturated heterocycles. The zero-order valence-electron chi connectivity index (χ0n) is 18.0. The fourth-order valence-corrected chi connectivity index (χ4v) is 7.50. The standard InChI is InChI=1S/C24H33N3O2/c1-23-9-7-18-16(17(23)5-6-19(23)28)13-15(14-20-25-11-12-26(20)3)22-24(18,2)10-8-21(29)27(22)4/h8,10-12,14,16-19,22,28H,5-7,9,13H2,1-4H3/t16-,17-,18+,19?,22?,23-,24+/m0/s1. The van der Waals surface area contributed by atoms with E-state index in [1.807, 2.05) is 36.0 Å². The third kappa shape index (κ3) is 2.56. The zero-order valence-corrected chi connectivity index (χ0v) is 18.0. The summed E-state index contributed by atoms with van der Waals surface area (Å²) in [4.78, 5) is 19.1. The molecule has 0 spiro atoms. The van der Waals surface area contributed by atoms with Crippen LogP contribution in [0.5, 0.6) is 0 Å². The Kier molecular flexibility index (Phi) is 4.16. The minimum absolute atomic E-state index is 0.0405. The summed E-state index contributed by atoms with van der Waals surface area (Å²) in [7, 11) is 3.97. The van der Waals surface area contributed by atoms with Gasteiger partial charge >= 0.3 is 0 Å². The lowest BCUT2D eigenvalue weighted by atomic mass is 9.47. The average molecular weight is 396 g/mol. The number of fused-ring (bicyclic) bond motifs is 5. The molecular weight excluding hydrogens is 362 g/mol. The van der Waals surface area contributed by atoms with Gasteiger partial charge in [0.05, 0.1) is 12.1 Å². The number of aliphatic hydroxyl groups excluding tert-OH is 1. The van der Waals surface area contributed by atoms with Crippen LogP contribution < -0.4 is 0 Å². The number of nitrogens with zero attached hydrogens (tertiary/aromatic N) is 3. The maximum Gasteiger partial charge on any atom is 0.246 e. The van der Waals surface area contributed by atoms with Crippen molar-refractivity contribution in [1.29, 1.82) is 0 Å². The van der Waals surface area contributed by atoms with Crippen molar-refractivity contribution >= 4 is 12.0 Å². The lowest BCUT2D eigenvalue weighted by Crippen LogP contribution is -2.60. The number of carbonyl (C=O) groups excluding carboxylic acids is 1. The number of rotatable bonds is 1. The van der Waals surface area contributed by atoms with Crippen molar-refractivity contribution in [1.82, 2.24) is 14.5 Å². The number of hydrogen-bond donors (Lipinski definition) is 1. The highest BCUT2D eigenvalue weighted by Gasteiger charge is 2.61. The van der Waals surface area contributed by atoms with Crippen LogP contribution in [0.4, 0.5) is 0 Å². The molecule has 0 bridgehead atoms. The molecule has 5 rings (SSSR count). The molecule has 1 N–H and O–H groups in total. The highest BCUT2D eigenvalue weighted by Crippen LogP contribution is 2.64. The van der Waals surface area contributed by atoms with Gasteiger partial charge in [-0.3, -0.25) is 4.79 Å². The maximum absolute atomic E-state index is 12.6. The van der Waals surface area contributed by atoms with Crippen LogP contribution in [-0.4, -0.2) is 44.7 Å². The van der Waals surface area contributed by atoms with E-state index >= 15 is 0 Å². The van der Waals surface area contributed by atoms with E-state index in [9.17, 15) is 9.90 Å². The lowest BCUT2D eigenvalue weighted by Gasteiger charge is -2.60. The van der Waals surface area contributed by atoms with Crippen LogP contribution in [0.2, 0.25) is 0 Å². The molecule has 1 aromatic heterocycles. The van der Waals surface area contributed by atoms with Gasteiger partial charge in [0.25, 0.3) is 0 Å². The number of aliphatic hydroxyl groups is 1. The first-order valence-corrected chi connectivity index (χ1v) is 11.1. The first-order chi connectivity index (χ1) is 13.8. The third-order valence-electron chi connectivity index (χ3n) is 9.09. The van der Waals surface area contributed by atoms with Gasteiger partial charge < -0.3 is 14.6 Å². The van der Waals surface area contributed by atoms with Gasteiger partial charge in [-0.25, -0.2) is 4.98 Å². The highest BCUT2D eigenvalue weighted by molar-refractivity contribution is 5.89. The van der Waals surface area contributed by atoms with Crippen LogP contribution >= 0.6 is 0 Å². The fourth-order valence-electron chi connectivity index (χ4n) is 7.50. The molecule has 3 saturated carbocycles. The van der Waals surface area contributed by atoms with Crippen molar-refractivity contribution in [3.8, 4) is 0 Å². The largest absolute Gasteiger partial charge is 0.393 e. The fraction of sp³-hybridized carbons (Fsp3) is 0.667. The first kappa shape index (κ1) is 19.1. The monoisotopic (exact) mass is 395 g/mol. The summed E-state index contributed by atoms with van der Waals surface area (Å²) in [5.74, 6) is 2.68. The minimum Gasteiger partial charge on any atom is -0.393 e. The minimum atomic E-state index is -0.174. The number of likely N-dealkylation sites (N-methyl/N-ethyl adjacent to an activating group) is 1. The normalized spacial score (nSPS) is 45.3. The molecule has 3 aliphatic carbocycles.